The van der Waals surface area contributed by atoms with E-state index in [4.69, 9.17) is 18.6 Å². The molecule has 0 N–H and O–H groups in total. The highest BCUT2D eigenvalue weighted by Crippen LogP contribution is 2.43. The van der Waals surface area contributed by atoms with Crippen molar-refractivity contribution in [2.45, 2.75) is 95.7 Å². The predicted octanol–water partition coefficient (Wildman–Crippen LogP) is 9.48. The molecule has 5 atom stereocenters. The van der Waals surface area contributed by atoms with Gasteiger partial charge in [0.05, 0.1) is 19.3 Å². The zero-order valence-electron chi connectivity index (χ0n) is 31.6. The minimum Gasteiger partial charge on any atom is -0.469 e. The summed E-state index contributed by atoms with van der Waals surface area (Å²) in [5.41, 5.74) is 0. The van der Waals surface area contributed by atoms with E-state index in [-0.39, 0.29) is 47.1 Å². The second kappa shape index (κ2) is 18.1. The van der Waals surface area contributed by atoms with Crippen molar-refractivity contribution >= 4 is 51.9 Å². The summed E-state index contributed by atoms with van der Waals surface area (Å²) in [4.78, 5) is 26.7. The number of thiophene rings is 1. The normalized spacial score (nSPS) is 21.8. The third-order valence-corrected chi connectivity index (χ3v) is 16.9. The second-order valence-electron chi connectivity index (χ2n) is 15.3. The molecule has 6 nitrogen and oxygen atoms in total. The van der Waals surface area contributed by atoms with Crippen molar-refractivity contribution in [2.24, 2.45) is 11.8 Å². The van der Waals surface area contributed by atoms with Crippen molar-refractivity contribution < 1.29 is 28.2 Å². The molecule has 280 valence electrons. The van der Waals surface area contributed by atoms with Gasteiger partial charge in [-0.2, -0.15) is 0 Å². The van der Waals surface area contributed by atoms with Gasteiger partial charge in [0.2, 0.25) is 0 Å². The molecular weight excluding hydrogens is 697 g/mol. The maximum Gasteiger partial charge on any atom is 0.305 e. The molecule has 2 aliphatic rings. The fraction of sp³-hybridized carbons (Fsp3) is 0.422. The summed E-state index contributed by atoms with van der Waals surface area (Å²) in [7, 11) is -1.54. The van der Waals surface area contributed by atoms with Gasteiger partial charge in [0.1, 0.15) is 5.78 Å². The molecule has 0 radical (unpaired) electrons. The van der Waals surface area contributed by atoms with Crippen LogP contribution < -0.4 is 10.4 Å². The van der Waals surface area contributed by atoms with Crippen LogP contribution in [0.2, 0.25) is 5.04 Å². The molecule has 4 aromatic rings. The Hall–Kier alpha value is -3.66. The van der Waals surface area contributed by atoms with E-state index in [0.717, 1.165) is 37.0 Å². The number of carbonyl (C=O) groups is 2. The Labute approximate surface area is 320 Å². The molecule has 6 rings (SSSR count). The number of esters is 1. The summed E-state index contributed by atoms with van der Waals surface area (Å²) in [6.45, 7) is 7.59. The van der Waals surface area contributed by atoms with Crippen molar-refractivity contribution in [3.8, 4) is 0 Å². The van der Waals surface area contributed by atoms with E-state index >= 15 is 0 Å². The van der Waals surface area contributed by atoms with Crippen LogP contribution in [0, 0.1) is 11.8 Å². The van der Waals surface area contributed by atoms with E-state index in [9.17, 15) is 9.59 Å². The Morgan fingerprint density at radius 2 is 1.66 bits per heavy atom. The molecule has 1 saturated heterocycles. The number of allylic oxidation sites excluding steroid dienone is 3. The number of unbranched alkanes of at least 4 members (excludes halogenated alkanes) is 1. The van der Waals surface area contributed by atoms with E-state index < -0.39 is 8.32 Å². The molecule has 1 aromatic heterocycles. The standard InChI is InChI=1S/C45H54O6SSi/c1-45(2,3)53(34-20-9-7-10-21-34,35-22-11-8-12-23-35)51-39(42-31-33-19-15-16-25-41(33)52-42)29-28-36-37(24-13-5-6-14-26-43(47)48-4)40(32-38(36)46)50-44-27-17-18-30-49-44/h5,7-13,15-16,19-23,25,28-29,31,36-37,39-40,44H,6,14,17-18,24,26-27,30,32H2,1-4H3/t36-,37-,39-,40+,44?/m1/s1. The number of rotatable bonds is 15. The highest BCUT2D eigenvalue weighted by Gasteiger charge is 2.52. The number of carbonyl (C=O) groups excluding carboxylic acids is 2. The minimum absolute atomic E-state index is 0.0444. The molecule has 2 heterocycles. The van der Waals surface area contributed by atoms with Crippen molar-refractivity contribution in [1.82, 2.24) is 0 Å². The highest BCUT2D eigenvalue weighted by atomic mass is 32.1. The largest absolute Gasteiger partial charge is 0.469 e. The van der Waals surface area contributed by atoms with Crippen molar-refractivity contribution in [3.63, 3.8) is 0 Å². The molecule has 0 bridgehead atoms. The molecule has 1 aliphatic heterocycles. The Kier molecular flexibility index (Phi) is 13.3. The number of benzene rings is 3. The first kappa shape index (κ1) is 39.0. The summed E-state index contributed by atoms with van der Waals surface area (Å²) in [6.07, 6.45) is 13.6. The number of hydrogen-bond acceptors (Lipinski definition) is 7. The van der Waals surface area contributed by atoms with Crippen LogP contribution in [0.1, 0.15) is 83.1 Å². The monoisotopic (exact) mass is 750 g/mol. The van der Waals surface area contributed by atoms with E-state index in [1.54, 1.807) is 11.3 Å². The average Bonchev–Trinajstić information content (AvgIpc) is 3.73. The zero-order valence-corrected chi connectivity index (χ0v) is 33.4. The van der Waals surface area contributed by atoms with E-state index in [2.05, 4.69) is 136 Å². The Balaban J connectivity index is 1.37. The van der Waals surface area contributed by atoms with Crippen LogP contribution in [0.3, 0.4) is 0 Å². The Bertz CT molecular complexity index is 1770. The lowest BCUT2D eigenvalue weighted by atomic mass is 9.90. The van der Waals surface area contributed by atoms with Gasteiger partial charge in [0.15, 0.2) is 6.29 Å². The maximum atomic E-state index is 14.0. The molecule has 0 spiro atoms. The molecule has 0 amide bonds. The van der Waals surface area contributed by atoms with Crippen LogP contribution >= 0.6 is 11.3 Å². The van der Waals surface area contributed by atoms with Gasteiger partial charge in [0, 0.05) is 40.9 Å². The first-order valence-corrected chi connectivity index (χ1v) is 21.9. The van der Waals surface area contributed by atoms with Crippen molar-refractivity contribution in [2.75, 3.05) is 13.7 Å². The topological polar surface area (TPSA) is 71.1 Å². The molecule has 1 aliphatic carbocycles. The summed E-state index contributed by atoms with van der Waals surface area (Å²) in [5.74, 6) is -0.383. The number of Topliss-reactive ketones (excluding diaryl/α,β-unsaturated/α-hetero) is 1. The lowest BCUT2D eigenvalue weighted by molar-refractivity contribution is -0.194. The van der Waals surface area contributed by atoms with Gasteiger partial charge >= 0.3 is 5.97 Å². The molecule has 1 unspecified atom stereocenters. The molecule has 2 fully saturated rings. The fourth-order valence-corrected chi connectivity index (χ4v) is 13.7. The van der Waals surface area contributed by atoms with Crippen molar-refractivity contribution in [3.05, 3.63) is 120 Å². The summed E-state index contributed by atoms with van der Waals surface area (Å²) in [5, 5.41) is 3.39. The minimum atomic E-state index is -2.96. The van der Waals surface area contributed by atoms with E-state index in [0.29, 0.717) is 25.9 Å². The van der Waals surface area contributed by atoms with Gasteiger partial charge in [-0.15, -0.1) is 11.3 Å². The van der Waals surface area contributed by atoms with Gasteiger partial charge in [-0.25, -0.2) is 0 Å². The van der Waals surface area contributed by atoms with Gasteiger partial charge in [-0.3, -0.25) is 9.59 Å². The fourth-order valence-electron chi connectivity index (χ4n) is 7.94. The SMILES string of the molecule is COC(=O)CCCC=CC[C@H]1[C@@H](OC2CCCCO2)CC(=O)[C@@H]1C=C[C@@H](O[Si](c1ccccc1)(c1ccccc1)C(C)(C)C)c1cc2ccccc2s1. The quantitative estimate of drug-likeness (QED) is 0.0522. The molecule has 8 heteroatoms. The third-order valence-electron chi connectivity index (χ3n) is 10.7. The number of fused-ring (bicyclic) bond motifs is 1. The average molecular weight is 751 g/mol. The molecule has 53 heavy (non-hydrogen) atoms. The summed E-state index contributed by atoms with van der Waals surface area (Å²) < 4.78 is 26.3. The summed E-state index contributed by atoms with van der Waals surface area (Å²) in [6, 6.07) is 32.2. The zero-order chi connectivity index (χ0) is 37.3. The van der Waals surface area contributed by atoms with Gasteiger partial charge in [-0.05, 0) is 71.5 Å². The molecular formula is C45H54O6SSi. The Morgan fingerprint density at radius 1 is 0.962 bits per heavy atom. The van der Waals surface area contributed by atoms with Gasteiger partial charge in [-0.1, -0.05) is 124 Å². The van der Waals surface area contributed by atoms with E-state index in [1.807, 2.05) is 0 Å². The number of hydrogen-bond donors (Lipinski definition) is 0. The molecule has 3 aromatic carbocycles. The summed E-state index contributed by atoms with van der Waals surface area (Å²) >= 11 is 1.76. The Morgan fingerprint density at radius 3 is 2.30 bits per heavy atom. The van der Waals surface area contributed by atoms with Gasteiger partial charge in [0.25, 0.3) is 8.32 Å². The van der Waals surface area contributed by atoms with Crippen LogP contribution in [0.25, 0.3) is 10.1 Å². The first-order chi connectivity index (χ1) is 25.7. The smallest absolute Gasteiger partial charge is 0.305 e. The molecule has 1 saturated carbocycles. The van der Waals surface area contributed by atoms with Crippen LogP contribution in [-0.2, 0) is 28.2 Å². The van der Waals surface area contributed by atoms with Crippen molar-refractivity contribution in [1.29, 1.82) is 0 Å². The van der Waals surface area contributed by atoms with Crippen LogP contribution in [0.4, 0.5) is 0 Å². The maximum absolute atomic E-state index is 14.0. The van der Waals surface area contributed by atoms with Crippen LogP contribution in [0.15, 0.2) is 115 Å². The lowest BCUT2D eigenvalue weighted by Gasteiger charge is -2.44. The van der Waals surface area contributed by atoms with Crippen LogP contribution in [-0.4, -0.2) is 46.2 Å². The van der Waals surface area contributed by atoms with E-state index in [1.165, 1.54) is 27.6 Å². The predicted molar refractivity (Wildman–Crippen MR) is 217 cm³/mol. The first-order valence-electron chi connectivity index (χ1n) is 19.2. The number of methoxy groups -OCH3 is 1. The number of ketones is 1. The highest BCUT2D eigenvalue weighted by molar-refractivity contribution is 7.19. The lowest BCUT2D eigenvalue weighted by Crippen LogP contribution is -2.66. The van der Waals surface area contributed by atoms with Gasteiger partial charge < -0.3 is 18.6 Å². The van der Waals surface area contributed by atoms with Crippen LogP contribution in [0.5, 0.6) is 0 Å². The second-order valence-corrected chi connectivity index (χ2v) is 20.6. The third kappa shape index (κ3) is 9.35. The number of ether oxygens (including phenoxy) is 3.